The third kappa shape index (κ3) is 3.89. The lowest BCUT2D eigenvalue weighted by molar-refractivity contribution is 0.478. The molecule has 3 aliphatic heterocycles. The fourth-order valence-corrected chi connectivity index (χ4v) is 9.20. The van der Waals surface area contributed by atoms with Gasteiger partial charge >= 0.3 is 6.85 Å². The van der Waals surface area contributed by atoms with Crippen LogP contribution in [0, 0.1) is 0 Å². The van der Waals surface area contributed by atoms with Gasteiger partial charge in [0.1, 0.15) is 28.2 Å². The van der Waals surface area contributed by atoms with E-state index in [1.807, 2.05) is 12.1 Å². The second-order valence-corrected chi connectivity index (χ2v) is 15.6. The van der Waals surface area contributed by atoms with Crippen molar-refractivity contribution in [2.45, 2.75) is 26.2 Å². The Bertz CT molecular complexity index is 3040. The van der Waals surface area contributed by atoms with Crippen molar-refractivity contribution in [1.29, 1.82) is 0 Å². The first-order valence-electron chi connectivity index (χ1n) is 18.6. The van der Waals surface area contributed by atoms with Crippen LogP contribution >= 0.6 is 0 Å². The van der Waals surface area contributed by atoms with Gasteiger partial charge < -0.3 is 23.3 Å². The number of hydrogen-bond donors (Lipinski definition) is 0. The second kappa shape index (κ2) is 10.5. The second-order valence-electron chi connectivity index (χ2n) is 15.6. The summed E-state index contributed by atoms with van der Waals surface area (Å²) in [4.78, 5) is 4.92. The minimum absolute atomic E-state index is 0.0416. The molecular formula is C48H33BN2O3. The first-order valence-corrected chi connectivity index (χ1v) is 18.6. The highest BCUT2D eigenvalue weighted by atomic mass is 16.5. The number of benzene rings is 7. The summed E-state index contributed by atoms with van der Waals surface area (Å²) in [5.74, 6) is 1.65. The van der Waals surface area contributed by atoms with Crippen molar-refractivity contribution < 1.29 is 13.6 Å². The zero-order valence-corrected chi connectivity index (χ0v) is 30.1. The first kappa shape index (κ1) is 29.9. The number of nitrogens with zero attached hydrogens (tertiary/aromatic N) is 2. The van der Waals surface area contributed by atoms with E-state index in [-0.39, 0.29) is 12.3 Å². The smallest absolute Gasteiger partial charge is 0.376 e. The van der Waals surface area contributed by atoms with Crippen LogP contribution in [0.5, 0.6) is 11.5 Å². The van der Waals surface area contributed by atoms with Gasteiger partial charge in [-0.15, -0.1) is 0 Å². The van der Waals surface area contributed by atoms with Gasteiger partial charge in [-0.1, -0.05) is 112 Å². The number of fused-ring (bicyclic) bond motifs is 12. The van der Waals surface area contributed by atoms with Crippen LogP contribution in [0.2, 0.25) is 0 Å². The average Bonchev–Trinajstić information content (AvgIpc) is 3.77. The number of ether oxygens (including phenoxy) is 1. The van der Waals surface area contributed by atoms with E-state index < -0.39 is 0 Å². The molecule has 0 radical (unpaired) electrons. The predicted octanol–water partition coefficient (Wildman–Crippen LogP) is 12.1. The van der Waals surface area contributed by atoms with Gasteiger partial charge in [-0.05, 0) is 76.1 Å². The maximum absolute atomic E-state index is 7.17. The summed E-state index contributed by atoms with van der Waals surface area (Å²) in [6.45, 7) is 6.55. The molecule has 5 nitrogen and oxygen atoms in total. The van der Waals surface area contributed by atoms with Crippen LogP contribution in [-0.2, 0) is 5.41 Å². The van der Waals surface area contributed by atoms with Gasteiger partial charge in [0.05, 0.1) is 22.7 Å². The van der Waals surface area contributed by atoms with E-state index in [0.717, 1.165) is 101 Å². The number of para-hydroxylation sites is 5. The van der Waals surface area contributed by atoms with E-state index in [0.29, 0.717) is 0 Å². The SMILES string of the molecule is CC(C)(C)c1ccc(N2c3cc4oc5ccccc5c4c4c3B(c3oc5ccccc5c32)N2c3ccccc3Oc3cccc-4c32)c(-c2ccccc2)c1. The number of hydrogen-bond acceptors (Lipinski definition) is 5. The van der Waals surface area contributed by atoms with Gasteiger partial charge in [0.2, 0.25) is 0 Å². The Labute approximate surface area is 312 Å². The van der Waals surface area contributed by atoms with E-state index in [1.54, 1.807) is 0 Å². The molecule has 0 bridgehead atoms. The molecule has 7 aromatic carbocycles. The van der Waals surface area contributed by atoms with Gasteiger partial charge in [-0.25, -0.2) is 0 Å². The highest BCUT2D eigenvalue weighted by Crippen LogP contribution is 2.58. The quantitative estimate of drug-likeness (QED) is 0.168. The van der Waals surface area contributed by atoms with Crippen LogP contribution < -0.4 is 25.6 Å². The van der Waals surface area contributed by atoms with Crippen molar-refractivity contribution >= 4 is 79.3 Å². The zero-order valence-electron chi connectivity index (χ0n) is 30.1. The molecule has 6 heteroatoms. The van der Waals surface area contributed by atoms with E-state index in [1.165, 1.54) is 11.0 Å². The molecule has 2 aromatic heterocycles. The first-order chi connectivity index (χ1) is 26.4. The van der Waals surface area contributed by atoms with E-state index in [2.05, 4.69) is 164 Å². The molecule has 54 heavy (non-hydrogen) atoms. The van der Waals surface area contributed by atoms with Crippen molar-refractivity contribution in [3.63, 3.8) is 0 Å². The molecule has 0 spiro atoms. The standard InChI is InChI=1S/C48H33BN2O3/c1-48(2,3)29-24-25-34(33(26-29)28-14-5-4-6-15-28)50-36-27-41-42(30-16-7-10-20-37(30)52-41)43-32-18-13-23-40-45(32)51(35-19-9-12-22-39(35)53-40)49(44(36)43)47-46(50)31-17-8-11-21-38(31)54-47/h4-27H,1-3H3. The monoisotopic (exact) mass is 696 g/mol. The van der Waals surface area contributed by atoms with E-state index >= 15 is 0 Å². The summed E-state index contributed by atoms with van der Waals surface area (Å²) in [6, 6.07) is 51.7. The van der Waals surface area contributed by atoms with Crippen LogP contribution in [-0.4, -0.2) is 6.85 Å². The normalized spacial score (nSPS) is 13.9. The lowest BCUT2D eigenvalue weighted by Gasteiger charge is -2.46. The molecule has 3 aliphatic rings. The third-order valence-electron chi connectivity index (χ3n) is 11.6. The van der Waals surface area contributed by atoms with Gasteiger partial charge in [0.15, 0.2) is 5.75 Å². The van der Waals surface area contributed by atoms with Gasteiger partial charge in [0, 0.05) is 39.0 Å². The van der Waals surface area contributed by atoms with E-state index in [4.69, 9.17) is 13.6 Å². The molecule has 0 unspecified atom stereocenters. The Balaban J connectivity index is 1.28. The Kier molecular flexibility index (Phi) is 5.80. The molecule has 0 atom stereocenters. The largest absolute Gasteiger partial charge is 0.466 e. The molecular weight excluding hydrogens is 663 g/mol. The Morgan fingerprint density at radius 1 is 0.537 bits per heavy atom. The summed E-state index contributed by atoms with van der Waals surface area (Å²) < 4.78 is 20.7. The molecule has 0 saturated heterocycles. The Morgan fingerprint density at radius 3 is 2.09 bits per heavy atom. The lowest BCUT2D eigenvalue weighted by atomic mass is 9.45. The minimum Gasteiger partial charge on any atom is -0.466 e. The minimum atomic E-state index is -0.292. The molecule has 0 amide bonds. The van der Waals surface area contributed by atoms with Gasteiger partial charge in [-0.2, -0.15) is 0 Å². The summed E-state index contributed by atoms with van der Waals surface area (Å²) in [5, 5.41) is 3.25. The summed E-state index contributed by atoms with van der Waals surface area (Å²) in [6.07, 6.45) is 0. The fourth-order valence-electron chi connectivity index (χ4n) is 9.20. The number of rotatable bonds is 2. The average molecular weight is 697 g/mol. The van der Waals surface area contributed by atoms with Crippen LogP contribution in [0.1, 0.15) is 26.3 Å². The van der Waals surface area contributed by atoms with Crippen molar-refractivity contribution in [2.75, 3.05) is 9.71 Å². The van der Waals surface area contributed by atoms with Crippen molar-refractivity contribution in [1.82, 2.24) is 0 Å². The molecule has 256 valence electrons. The molecule has 0 saturated carbocycles. The zero-order chi connectivity index (χ0) is 35.9. The van der Waals surface area contributed by atoms with Gasteiger partial charge in [0.25, 0.3) is 0 Å². The predicted molar refractivity (Wildman–Crippen MR) is 221 cm³/mol. The molecule has 9 aromatic rings. The van der Waals surface area contributed by atoms with Crippen molar-refractivity contribution in [2.24, 2.45) is 0 Å². The molecule has 0 N–H and O–H groups in total. The third-order valence-corrected chi connectivity index (χ3v) is 11.6. The number of anilines is 5. The summed E-state index contributed by atoms with van der Waals surface area (Å²) in [7, 11) is 0. The van der Waals surface area contributed by atoms with Crippen LogP contribution in [0.25, 0.3) is 55.2 Å². The number of furan rings is 2. The molecule has 0 aliphatic carbocycles. The molecule has 12 rings (SSSR count). The van der Waals surface area contributed by atoms with Crippen molar-refractivity contribution in [3.05, 3.63) is 151 Å². The Morgan fingerprint density at radius 2 is 1.26 bits per heavy atom. The summed E-state index contributed by atoms with van der Waals surface area (Å²) in [5.41, 5.74) is 15.7. The molecule has 5 heterocycles. The maximum Gasteiger partial charge on any atom is 0.376 e. The highest BCUT2D eigenvalue weighted by Gasteiger charge is 2.52. The Hall–Kier alpha value is -6.66. The van der Waals surface area contributed by atoms with Gasteiger partial charge in [-0.3, -0.25) is 0 Å². The summed E-state index contributed by atoms with van der Waals surface area (Å²) >= 11 is 0. The van der Waals surface area contributed by atoms with Crippen LogP contribution in [0.15, 0.2) is 154 Å². The topological polar surface area (TPSA) is 42.0 Å². The fraction of sp³-hybridized carbons (Fsp3) is 0.0833. The highest BCUT2D eigenvalue weighted by molar-refractivity contribution is 6.93. The van der Waals surface area contributed by atoms with Crippen LogP contribution in [0.3, 0.4) is 0 Å². The van der Waals surface area contributed by atoms with Crippen molar-refractivity contribution in [3.8, 4) is 33.8 Å². The maximum atomic E-state index is 7.17. The lowest BCUT2D eigenvalue weighted by Crippen LogP contribution is -2.61. The van der Waals surface area contributed by atoms with Crippen LogP contribution in [0.4, 0.5) is 28.4 Å². The molecule has 0 fully saturated rings. The van der Waals surface area contributed by atoms with E-state index in [9.17, 15) is 0 Å².